The van der Waals surface area contributed by atoms with Crippen molar-refractivity contribution in [1.82, 2.24) is 4.90 Å². The molecule has 0 bridgehead atoms. The lowest BCUT2D eigenvalue weighted by molar-refractivity contribution is -0.150. The van der Waals surface area contributed by atoms with Gasteiger partial charge in [0.25, 0.3) is 0 Å². The topological polar surface area (TPSA) is 113 Å². The second-order valence-electron chi connectivity index (χ2n) is 6.67. The third-order valence-electron chi connectivity index (χ3n) is 5.28. The highest BCUT2D eigenvalue weighted by molar-refractivity contribution is 7.51. The highest BCUT2D eigenvalue weighted by Crippen LogP contribution is 2.46. The summed E-state index contributed by atoms with van der Waals surface area (Å²) in [4.78, 5) is 44.7. The highest BCUT2D eigenvalue weighted by atomic mass is 31.2. The Morgan fingerprint density at radius 2 is 1.74 bits per heavy atom. The molecule has 0 saturated carbocycles. The number of amides is 1. The van der Waals surface area contributed by atoms with Crippen molar-refractivity contribution >= 4 is 19.7 Å². The fourth-order valence-electron chi connectivity index (χ4n) is 3.88. The molecule has 2 atom stereocenters. The predicted octanol–water partition coefficient (Wildman–Crippen LogP) is 2.94. The highest BCUT2D eigenvalue weighted by Gasteiger charge is 2.51. The first kappa shape index (κ1) is 23.7. The number of likely N-dealkylation sites (tertiary alicyclic amines) is 1. The van der Waals surface area contributed by atoms with E-state index in [1.165, 1.54) is 11.0 Å². The Kier molecular flexibility index (Phi) is 8.99. The Bertz CT molecular complexity index is 582. The molecule has 1 heterocycles. The molecule has 0 radical (unpaired) electrons. The molecule has 156 valence electrons. The normalized spacial score (nSPS) is 20.9. The molecule has 2 unspecified atom stereocenters. The molecule has 1 rings (SSSR count). The van der Waals surface area contributed by atoms with Crippen molar-refractivity contribution in [2.75, 3.05) is 25.9 Å². The Morgan fingerprint density at radius 1 is 1.15 bits per heavy atom. The van der Waals surface area contributed by atoms with E-state index in [-0.39, 0.29) is 25.3 Å². The first-order valence-corrected chi connectivity index (χ1v) is 11.3. The molecule has 1 aliphatic heterocycles. The van der Waals surface area contributed by atoms with Crippen LogP contribution in [-0.4, -0.2) is 58.7 Å². The Balaban J connectivity index is 3.23. The van der Waals surface area contributed by atoms with Crippen LogP contribution in [0, 0.1) is 11.3 Å². The monoisotopic (exact) mass is 405 g/mol. The Labute approximate surface area is 161 Å². The molecule has 1 amide bonds. The fraction of sp³-hybridized carbons (Fsp3) is 0.778. The molecule has 1 fully saturated rings. The van der Waals surface area contributed by atoms with E-state index in [1.54, 1.807) is 19.9 Å². The minimum Gasteiger partial charge on any atom is -0.464 e. The van der Waals surface area contributed by atoms with E-state index in [2.05, 4.69) is 0 Å². The molecular formula is C18H32NO7P. The van der Waals surface area contributed by atoms with Gasteiger partial charge in [-0.3, -0.25) is 9.46 Å². The summed E-state index contributed by atoms with van der Waals surface area (Å²) >= 11 is 0. The van der Waals surface area contributed by atoms with E-state index in [4.69, 9.17) is 19.3 Å². The summed E-state index contributed by atoms with van der Waals surface area (Å²) in [6.07, 6.45) is 4.31. The zero-order valence-electron chi connectivity index (χ0n) is 16.6. The molecule has 2 N–H and O–H groups in total. The van der Waals surface area contributed by atoms with Crippen LogP contribution in [0.1, 0.15) is 47.0 Å². The van der Waals surface area contributed by atoms with Crippen molar-refractivity contribution in [2.45, 2.75) is 53.0 Å². The van der Waals surface area contributed by atoms with Crippen LogP contribution in [-0.2, 0) is 18.8 Å². The average Bonchev–Trinajstić information content (AvgIpc) is 3.04. The number of hydrogen-bond acceptors (Lipinski definition) is 5. The lowest BCUT2D eigenvalue weighted by Gasteiger charge is -2.38. The summed E-state index contributed by atoms with van der Waals surface area (Å²) in [5, 5.41) is 0. The Morgan fingerprint density at radius 3 is 2.22 bits per heavy atom. The van der Waals surface area contributed by atoms with Gasteiger partial charge in [0, 0.05) is 12.5 Å². The zero-order valence-corrected chi connectivity index (χ0v) is 17.5. The second kappa shape index (κ2) is 10.2. The third-order valence-corrected chi connectivity index (χ3v) is 5.96. The molecule has 1 aliphatic rings. The summed E-state index contributed by atoms with van der Waals surface area (Å²) in [5.74, 6) is -0.688. The van der Waals surface area contributed by atoms with Crippen LogP contribution in [0.5, 0.6) is 0 Å². The molecule has 0 spiro atoms. The second-order valence-corrected chi connectivity index (χ2v) is 8.37. The van der Waals surface area contributed by atoms with Crippen molar-refractivity contribution in [2.24, 2.45) is 11.3 Å². The van der Waals surface area contributed by atoms with Gasteiger partial charge >= 0.3 is 19.7 Å². The smallest absolute Gasteiger partial charge is 0.410 e. The van der Waals surface area contributed by atoms with E-state index in [0.29, 0.717) is 25.8 Å². The van der Waals surface area contributed by atoms with Crippen LogP contribution in [0.4, 0.5) is 4.79 Å². The van der Waals surface area contributed by atoms with Gasteiger partial charge in [-0.15, -0.1) is 0 Å². The van der Waals surface area contributed by atoms with E-state index < -0.39 is 31.1 Å². The van der Waals surface area contributed by atoms with Crippen LogP contribution in [0.3, 0.4) is 0 Å². The van der Waals surface area contributed by atoms with Crippen molar-refractivity contribution in [3.63, 3.8) is 0 Å². The molecule has 1 saturated heterocycles. The van der Waals surface area contributed by atoms with Gasteiger partial charge in [0.05, 0.1) is 19.4 Å². The molecular weight excluding hydrogens is 373 g/mol. The maximum Gasteiger partial charge on any atom is 0.410 e. The van der Waals surface area contributed by atoms with Gasteiger partial charge in [-0.1, -0.05) is 26.0 Å². The molecule has 8 nitrogen and oxygen atoms in total. The number of carbonyl (C=O) groups is 2. The van der Waals surface area contributed by atoms with Crippen LogP contribution in [0.15, 0.2) is 12.2 Å². The number of rotatable bonds is 9. The fourth-order valence-corrected chi connectivity index (χ4v) is 4.26. The number of allylic oxidation sites excluding steroid dienone is 2. The molecule has 27 heavy (non-hydrogen) atoms. The molecule has 0 aromatic carbocycles. The number of hydrogen-bond donors (Lipinski definition) is 2. The quantitative estimate of drug-likeness (QED) is 0.344. The first-order chi connectivity index (χ1) is 12.7. The van der Waals surface area contributed by atoms with Crippen LogP contribution in [0.2, 0.25) is 0 Å². The summed E-state index contributed by atoms with van der Waals surface area (Å²) in [5.41, 5.74) is -0.478. The third kappa shape index (κ3) is 6.06. The average molecular weight is 405 g/mol. The molecule has 9 heteroatoms. The summed E-state index contributed by atoms with van der Waals surface area (Å²) in [6.45, 7) is 8.16. The number of nitrogens with zero attached hydrogens (tertiary/aromatic N) is 1. The number of esters is 1. The van der Waals surface area contributed by atoms with Crippen molar-refractivity contribution in [3.8, 4) is 0 Å². The van der Waals surface area contributed by atoms with Gasteiger partial charge in [-0.2, -0.15) is 0 Å². The minimum absolute atomic E-state index is 0.206. The summed E-state index contributed by atoms with van der Waals surface area (Å²) in [7, 11) is -4.15. The largest absolute Gasteiger partial charge is 0.464 e. The lowest BCUT2D eigenvalue weighted by Crippen LogP contribution is -2.48. The van der Waals surface area contributed by atoms with Crippen molar-refractivity contribution in [1.29, 1.82) is 0 Å². The SMILES string of the molecule is CCOC(=O)C1C(C(C=CCP(=O)(O)O)(CC)CC)CCN1C(=O)OCC. The van der Waals surface area contributed by atoms with E-state index in [0.717, 1.165) is 0 Å². The standard InChI is InChI=1S/C18H32NO7P/c1-5-18(6-2,11-9-13-27(22,23)24)14-10-12-19(17(21)26-8-4)15(14)16(20)25-7-3/h9,11,14-15H,5-8,10,12-13H2,1-4H3,(H2,22,23,24). The first-order valence-electron chi connectivity index (χ1n) is 9.48. The van der Waals surface area contributed by atoms with Gasteiger partial charge < -0.3 is 19.3 Å². The Hall–Kier alpha value is -1.37. The maximum atomic E-state index is 12.7. The summed E-state index contributed by atoms with van der Waals surface area (Å²) < 4.78 is 21.5. The van der Waals surface area contributed by atoms with Crippen LogP contribution < -0.4 is 0 Å². The zero-order chi connectivity index (χ0) is 20.7. The van der Waals surface area contributed by atoms with Gasteiger partial charge in [0.1, 0.15) is 6.04 Å². The van der Waals surface area contributed by atoms with Crippen LogP contribution in [0.25, 0.3) is 0 Å². The van der Waals surface area contributed by atoms with Gasteiger partial charge in [0.15, 0.2) is 0 Å². The van der Waals surface area contributed by atoms with E-state index in [9.17, 15) is 14.2 Å². The minimum atomic E-state index is -4.15. The van der Waals surface area contributed by atoms with Crippen molar-refractivity contribution < 1.29 is 33.4 Å². The van der Waals surface area contributed by atoms with Gasteiger partial charge in [-0.05, 0) is 38.5 Å². The van der Waals surface area contributed by atoms with Crippen molar-refractivity contribution in [3.05, 3.63) is 12.2 Å². The van der Waals surface area contributed by atoms with E-state index in [1.807, 2.05) is 13.8 Å². The number of ether oxygens (including phenoxy) is 2. The predicted molar refractivity (Wildman–Crippen MR) is 101 cm³/mol. The van der Waals surface area contributed by atoms with Gasteiger partial charge in [-0.25, -0.2) is 9.59 Å². The summed E-state index contributed by atoms with van der Waals surface area (Å²) in [6, 6.07) is -0.774. The van der Waals surface area contributed by atoms with Gasteiger partial charge in [0.2, 0.25) is 0 Å². The maximum absolute atomic E-state index is 12.7. The number of carbonyl (C=O) groups excluding carboxylic acids is 2. The molecule has 0 aromatic heterocycles. The van der Waals surface area contributed by atoms with Crippen LogP contribution >= 0.6 is 7.60 Å². The van der Waals surface area contributed by atoms with E-state index >= 15 is 0 Å². The molecule has 0 aromatic rings. The molecule has 0 aliphatic carbocycles. The lowest BCUT2D eigenvalue weighted by atomic mass is 9.68.